The molecule has 0 aliphatic heterocycles. The molecule has 1 aromatic rings. The second kappa shape index (κ2) is 9.70. The second-order valence-corrected chi connectivity index (χ2v) is 16.6. The Hall–Kier alpha value is -1.12. The van der Waals surface area contributed by atoms with Crippen LogP contribution in [-0.2, 0) is 16.1 Å². The van der Waals surface area contributed by atoms with Crippen LogP contribution >= 0.6 is 11.6 Å². The van der Waals surface area contributed by atoms with E-state index in [0.717, 1.165) is 38.0 Å². The molecule has 0 unspecified atom stereocenters. The molecule has 0 aromatic heterocycles. The molecule has 1 aromatic carbocycles. The summed E-state index contributed by atoms with van der Waals surface area (Å²) >= 11 is 6.51. The number of ether oxygens (including phenoxy) is 1. The fourth-order valence-electron chi connectivity index (χ4n) is 12.5. The molecule has 0 radical (unpaired) electrons. The van der Waals surface area contributed by atoms with Crippen molar-refractivity contribution in [1.82, 2.24) is 0 Å². The molecule has 5 saturated carbocycles. The topological polar surface area (TPSA) is 26.3 Å². The van der Waals surface area contributed by atoms with Gasteiger partial charge in [-0.1, -0.05) is 77.1 Å². The van der Waals surface area contributed by atoms with E-state index in [1.807, 2.05) is 0 Å². The SMILES string of the molecule is C=C(C)[C@@H]1CC[C@]2(C(=O)Cl)CC[C@]3(C)[C@H](CC[C@@H]4[C@@]5(C)CC[C@H](OCc6ccccc6)C(C)(C)[C@@H]5CC[C@]43C)[C@@H]12. The van der Waals surface area contributed by atoms with Gasteiger partial charge in [-0.2, -0.15) is 0 Å². The Labute approximate surface area is 249 Å². The van der Waals surface area contributed by atoms with Crippen molar-refractivity contribution in [3.8, 4) is 0 Å². The number of carbonyl (C=O) groups excluding carboxylic acids is 1. The molecule has 5 fully saturated rings. The highest BCUT2D eigenvalue weighted by atomic mass is 35.5. The molecule has 3 heteroatoms. The van der Waals surface area contributed by atoms with Crippen LogP contribution in [0.2, 0.25) is 0 Å². The zero-order valence-corrected chi connectivity index (χ0v) is 26.8. The van der Waals surface area contributed by atoms with Gasteiger partial charge in [-0.3, -0.25) is 4.79 Å². The van der Waals surface area contributed by atoms with Gasteiger partial charge < -0.3 is 4.74 Å². The number of rotatable bonds is 5. The van der Waals surface area contributed by atoms with Crippen molar-refractivity contribution >= 4 is 16.8 Å². The van der Waals surface area contributed by atoms with E-state index in [9.17, 15) is 4.79 Å². The van der Waals surface area contributed by atoms with E-state index in [1.165, 1.54) is 43.2 Å². The number of halogens is 1. The van der Waals surface area contributed by atoms with Crippen molar-refractivity contribution in [2.45, 2.75) is 118 Å². The van der Waals surface area contributed by atoms with E-state index in [-0.39, 0.29) is 21.5 Å². The predicted octanol–water partition coefficient (Wildman–Crippen LogP) is 9.99. The van der Waals surface area contributed by atoms with E-state index in [2.05, 4.69) is 78.5 Å². The van der Waals surface area contributed by atoms with Crippen LogP contribution in [0.5, 0.6) is 0 Å². The van der Waals surface area contributed by atoms with Gasteiger partial charge in [0, 0.05) is 5.41 Å². The maximum atomic E-state index is 13.1. The molecule has 10 atom stereocenters. The lowest BCUT2D eigenvalue weighted by molar-refractivity contribution is -0.250. The number of benzene rings is 1. The monoisotopic (exact) mass is 564 g/mol. The van der Waals surface area contributed by atoms with Crippen LogP contribution in [0.1, 0.15) is 111 Å². The van der Waals surface area contributed by atoms with E-state index in [1.54, 1.807) is 0 Å². The second-order valence-electron chi connectivity index (χ2n) is 16.3. The molecule has 40 heavy (non-hydrogen) atoms. The van der Waals surface area contributed by atoms with Gasteiger partial charge >= 0.3 is 0 Å². The average molecular weight is 565 g/mol. The molecule has 2 nitrogen and oxygen atoms in total. The van der Waals surface area contributed by atoms with Crippen molar-refractivity contribution in [2.24, 2.45) is 56.7 Å². The fourth-order valence-corrected chi connectivity index (χ4v) is 12.8. The van der Waals surface area contributed by atoms with Gasteiger partial charge in [0.1, 0.15) is 0 Å². The van der Waals surface area contributed by atoms with Crippen LogP contribution in [0, 0.1) is 56.7 Å². The minimum absolute atomic E-state index is 0.0539. The summed E-state index contributed by atoms with van der Waals surface area (Å²) in [6.45, 7) is 20.4. The molecule has 5 aliphatic rings. The summed E-state index contributed by atoms with van der Waals surface area (Å²) in [5.41, 5.74) is 3.24. The molecule has 6 rings (SSSR count). The Bertz CT molecular complexity index is 1160. The summed E-state index contributed by atoms with van der Waals surface area (Å²) in [7, 11) is 0. The Kier molecular flexibility index (Phi) is 7.03. The minimum Gasteiger partial charge on any atom is -0.373 e. The summed E-state index contributed by atoms with van der Waals surface area (Å²) in [5, 5.41) is -0.0539. The van der Waals surface area contributed by atoms with Gasteiger partial charge in [-0.15, -0.1) is 0 Å². The van der Waals surface area contributed by atoms with Gasteiger partial charge in [0.2, 0.25) is 5.24 Å². The molecular formula is C37H53ClO2. The number of fused-ring (bicyclic) bond motifs is 7. The maximum Gasteiger partial charge on any atom is 0.228 e. The number of hydrogen-bond acceptors (Lipinski definition) is 2. The summed E-state index contributed by atoms with van der Waals surface area (Å²) < 4.78 is 6.71. The third-order valence-corrected chi connectivity index (χ3v) is 15.1. The summed E-state index contributed by atoms with van der Waals surface area (Å²) in [5.74, 6) is 2.77. The lowest BCUT2D eigenvalue weighted by atomic mass is 9.32. The smallest absolute Gasteiger partial charge is 0.228 e. The van der Waals surface area contributed by atoms with Crippen LogP contribution in [0.25, 0.3) is 0 Å². The zero-order valence-electron chi connectivity index (χ0n) is 26.0. The van der Waals surface area contributed by atoms with Crippen molar-refractivity contribution in [3.05, 3.63) is 48.0 Å². The number of hydrogen-bond donors (Lipinski definition) is 0. The first-order valence-corrected chi connectivity index (χ1v) is 16.7. The van der Waals surface area contributed by atoms with Gasteiger partial charge in [0.25, 0.3) is 0 Å². The largest absolute Gasteiger partial charge is 0.373 e. The van der Waals surface area contributed by atoms with E-state index < -0.39 is 0 Å². The molecule has 0 saturated heterocycles. The molecule has 0 amide bonds. The highest BCUT2D eigenvalue weighted by Gasteiger charge is 2.71. The number of carbonyl (C=O) groups is 1. The van der Waals surface area contributed by atoms with Crippen LogP contribution in [0.3, 0.4) is 0 Å². The van der Waals surface area contributed by atoms with Crippen LogP contribution in [0.4, 0.5) is 0 Å². The molecular weight excluding hydrogens is 512 g/mol. The minimum atomic E-state index is -0.324. The lowest BCUT2D eigenvalue weighted by Gasteiger charge is -2.73. The van der Waals surface area contributed by atoms with Crippen molar-refractivity contribution < 1.29 is 9.53 Å². The first-order valence-electron chi connectivity index (χ1n) is 16.3. The third-order valence-electron chi connectivity index (χ3n) is 14.7. The zero-order chi connectivity index (χ0) is 28.7. The molecule has 5 aliphatic carbocycles. The van der Waals surface area contributed by atoms with Crippen molar-refractivity contribution in [2.75, 3.05) is 0 Å². The highest BCUT2D eigenvalue weighted by molar-refractivity contribution is 6.64. The quantitative estimate of drug-likeness (QED) is 0.262. The normalized spacial score (nSPS) is 47.4. The summed E-state index contributed by atoms with van der Waals surface area (Å²) in [6.07, 6.45) is 12.0. The summed E-state index contributed by atoms with van der Waals surface area (Å²) in [6, 6.07) is 10.7. The molecule has 0 spiro atoms. The Morgan fingerprint density at radius 2 is 1.60 bits per heavy atom. The first-order chi connectivity index (χ1) is 18.8. The van der Waals surface area contributed by atoms with Gasteiger partial charge in [-0.05, 0) is 140 Å². The van der Waals surface area contributed by atoms with Gasteiger partial charge in [0.05, 0.1) is 12.7 Å². The van der Waals surface area contributed by atoms with E-state index in [4.69, 9.17) is 16.3 Å². The number of allylic oxidation sites excluding steroid dienone is 1. The predicted molar refractivity (Wildman–Crippen MR) is 165 cm³/mol. The Balaban J connectivity index is 1.29. The molecule has 220 valence electrons. The third kappa shape index (κ3) is 3.86. The molecule has 0 heterocycles. The van der Waals surface area contributed by atoms with Gasteiger partial charge in [0.15, 0.2) is 0 Å². The van der Waals surface area contributed by atoms with Crippen molar-refractivity contribution in [1.29, 1.82) is 0 Å². The van der Waals surface area contributed by atoms with Crippen LogP contribution in [-0.4, -0.2) is 11.3 Å². The van der Waals surface area contributed by atoms with E-state index >= 15 is 0 Å². The van der Waals surface area contributed by atoms with Crippen molar-refractivity contribution in [3.63, 3.8) is 0 Å². The maximum absolute atomic E-state index is 13.1. The van der Waals surface area contributed by atoms with E-state index in [0.29, 0.717) is 47.2 Å². The lowest BCUT2D eigenvalue weighted by Crippen LogP contribution is -2.67. The highest BCUT2D eigenvalue weighted by Crippen LogP contribution is 2.77. The Morgan fingerprint density at radius 1 is 0.875 bits per heavy atom. The fraction of sp³-hybridized carbons (Fsp3) is 0.757. The Morgan fingerprint density at radius 3 is 2.27 bits per heavy atom. The average Bonchev–Trinajstić information content (AvgIpc) is 3.31. The summed E-state index contributed by atoms with van der Waals surface area (Å²) in [4.78, 5) is 13.1. The van der Waals surface area contributed by atoms with Crippen LogP contribution in [0.15, 0.2) is 42.5 Å². The van der Waals surface area contributed by atoms with Gasteiger partial charge in [-0.25, -0.2) is 0 Å². The first kappa shape index (κ1) is 29.0. The molecule has 0 bridgehead atoms. The molecule has 0 N–H and O–H groups in total. The van der Waals surface area contributed by atoms with Crippen LogP contribution < -0.4 is 0 Å². The standard InChI is InChI=1S/C37H53ClO2/c1-24(2)26-15-20-37(32(38)39)22-21-35(6)27(31(26)37)13-14-29-34(5)18-17-30(40-23-25-11-9-8-10-12-25)33(3,4)28(34)16-19-36(29,35)7/h8-12,26-31H,1,13-23H2,2-7H3/t26-,27+,28-,29+,30-,31+,34-,35+,36+,37-/m0/s1.